The van der Waals surface area contributed by atoms with E-state index in [0.29, 0.717) is 16.8 Å². The molecular formula is C15H19NO4. The minimum Gasteiger partial charge on any atom is -0.495 e. The Labute approximate surface area is 117 Å². The Bertz CT molecular complexity index is 637. The number of para-hydroxylation sites is 1. The van der Waals surface area contributed by atoms with Crippen LogP contribution in [0.3, 0.4) is 0 Å². The standard InChI is InChI=1S/C15H19NO4/c1-15(2,3)20-14(18)16-8-10(9-17)11-6-5-7-12(19-4)13(11)16/h5-8,17H,9H2,1-4H3. The van der Waals surface area contributed by atoms with Gasteiger partial charge in [0.1, 0.15) is 16.9 Å². The SMILES string of the molecule is COc1cccc2c(CO)cn(C(=O)OC(C)(C)C)c12. The molecule has 1 N–H and O–H groups in total. The van der Waals surface area contributed by atoms with Gasteiger partial charge in [0.25, 0.3) is 0 Å². The average molecular weight is 277 g/mol. The molecule has 5 nitrogen and oxygen atoms in total. The Morgan fingerprint density at radius 1 is 1.35 bits per heavy atom. The maximum atomic E-state index is 12.3. The number of nitrogens with zero attached hydrogens (tertiary/aromatic N) is 1. The quantitative estimate of drug-likeness (QED) is 0.916. The minimum absolute atomic E-state index is 0.153. The van der Waals surface area contributed by atoms with E-state index >= 15 is 0 Å². The molecule has 0 saturated heterocycles. The van der Waals surface area contributed by atoms with Gasteiger partial charge >= 0.3 is 6.09 Å². The van der Waals surface area contributed by atoms with Gasteiger partial charge in [0.15, 0.2) is 0 Å². The lowest BCUT2D eigenvalue weighted by molar-refractivity contribution is 0.0543. The first-order valence-electron chi connectivity index (χ1n) is 6.38. The zero-order valence-electron chi connectivity index (χ0n) is 12.1. The van der Waals surface area contributed by atoms with E-state index in [-0.39, 0.29) is 6.61 Å². The number of fused-ring (bicyclic) bond motifs is 1. The highest BCUT2D eigenvalue weighted by molar-refractivity contribution is 5.95. The molecule has 0 radical (unpaired) electrons. The molecule has 2 aromatic rings. The van der Waals surface area contributed by atoms with Crippen molar-refractivity contribution in [1.82, 2.24) is 4.57 Å². The van der Waals surface area contributed by atoms with Crippen molar-refractivity contribution in [2.75, 3.05) is 7.11 Å². The van der Waals surface area contributed by atoms with Crippen molar-refractivity contribution in [3.05, 3.63) is 30.0 Å². The van der Waals surface area contributed by atoms with Crippen LogP contribution in [0.2, 0.25) is 0 Å². The van der Waals surface area contributed by atoms with E-state index in [2.05, 4.69) is 0 Å². The molecule has 0 spiro atoms. The van der Waals surface area contributed by atoms with Crippen molar-refractivity contribution in [1.29, 1.82) is 0 Å². The molecule has 0 aliphatic heterocycles. The summed E-state index contributed by atoms with van der Waals surface area (Å²) in [7, 11) is 1.54. The van der Waals surface area contributed by atoms with E-state index in [9.17, 15) is 9.90 Å². The van der Waals surface area contributed by atoms with E-state index in [0.717, 1.165) is 5.39 Å². The van der Waals surface area contributed by atoms with Gasteiger partial charge < -0.3 is 14.6 Å². The number of carbonyl (C=O) groups excluding carboxylic acids is 1. The second-order valence-electron chi connectivity index (χ2n) is 5.52. The molecule has 0 aliphatic rings. The number of carbonyl (C=O) groups is 1. The molecule has 5 heteroatoms. The van der Waals surface area contributed by atoms with Crippen LogP contribution >= 0.6 is 0 Å². The van der Waals surface area contributed by atoms with Gasteiger partial charge in [-0.15, -0.1) is 0 Å². The first-order chi connectivity index (χ1) is 9.37. The Morgan fingerprint density at radius 2 is 2.05 bits per heavy atom. The normalized spacial score (nSPS) is 11.7. The van der Waals surface area contributed by atoms with E-state index in [4.69, 9.17) is 9.47 Å². The number of ether oxygens (including phenoxy) is 2. The fourth-order valence-corrected chi connectivity index (χ4v) is 2.07. The smallest absolute Gasteiger partial charge is 0.419 e. The van der Waals surface area contributed by atoms with Crippen molar-refractivity contribution >= 4 is 17.0 Å². The number of rotatable bonds is 2. The number of benzene rings is 1. The Kier molecular flexibility index (Phi) is 3.72. The largest absolute Gasteiger partial charge is 0.495 e. The highest BCUT2D eigenvalue weighted by Gasteiger charge is 2.22. The fraction of sp³-hybridized carbons (Fsp3) is 0.400. The summed E-state index contributed by atoms with van der Waals surface area (Å²) < 4.78 is 12.1. The Hall–Kier alpha value is -2.01. The molecule has 1 aromatic heterocycles. The molecule has 0 bridgehead atoms. The van der Waals surface area contributed by atoms with Crippen LogP contribution in [-0.4, -0.2) is 28.5 Å². The van der Waals surface area contributed by atoms with Gasteiger partial charge in [-0.2, -0.15) is 0 Å². The van der Waals surface area contributed by atoms with Crippen molar-refractivity contribution in [2.45, 2.75) is 33.0 Å². The summed E-state index contributed by atoms with van der Waals surface area (Å²) in [6.07, 6.45) is 1.09. The van der Waals surface area contributed by atoms with Gasteiger partial charge in [-0.25, -0.2) is 9.36 Å². The summed E-state index contributed by atoms with van der Waals surface area (Å²) >= 11 is 0. The van der Waals surface area contributed by atoms with Gasteiger partial charge in [-0.1, -0.05) is 12.1 Å². The zero-order valence-corrected chi connectivity index (χ0v) is 12.1. The minimum atomic E-state index is -0.588. The lowest BCUT2D eigenvalue weighted by atomic mass is 10.2. The molecule has 0 aliphatic carbocycles. The van der Waals surface area contributed by atoms with E-state index in [1.807, 2.05) is 12.1 Å². The number of hydrogen-bond donors (Lipinski definition) is 1. The maximum absolute atomic E-state index is 12.3. The zero-order chi connectivity index (χ0) is 14.9. The fourth-order valence-electron chi connectivity index (χ4n) is 2.07. The molecule has 1 heterocycles. The number of aliphatic hydroxyl groups is 1. The monoisotopic (exact) mass is 277 g/mol. The first-order valence-corrected chi connectivity index (χ1v) is 6.38. The van der Waals surface area contributed by atoms with Gasteiger partial charge in [-0.05, 0) is 26.8 Å². The van der Waals surface area contributed by atoms with Crippen LogP contribution in [0.25, 0.3) is 10.9 Å². The lowest BCUT2D eigenvalue weighted by Gasteiger charge is -2.20. The number of methoxy groups -OCH3 is 1. The van der Waals surface area contributed by atoms with Crippen molar-refractivity contribution in [2.24, 2.45) is 0 Å². The van der Waals surface area contributed by atoms with Crippen molar-refractivity contribution in [3.8, 4) is 5.75 Å². The number of aromatic nitrogens is 1. The second kappa shape index (κ2) is 5.17. The Morgan fingerprint density at radius 3 is 2.60 bits per heavy atom. The van der Waals surface area contributed by atoms with Gasteiger partial charge in [0, 0.05) is 17.1 Å². The molecule has 20 heavy (non-hydrogen) atoms. The molecule has 2 rings (SSSR count). The van der Waals surface area contributed by atoms with Crippen LogP contribution in [-0.2, 0) is 11.3 Å². The molecule has 1 aromatic carbocycles. The summed E-state index contributed by atoms with van der Waals surface area (Å²) in [5, 5.41) is 10.2. The van der Waals surface area contributed by atoms with E-state index in [1.54, 1.807) is 40.1 Å². The average Bonchev–Trinajstić information content (AvgIpc) is 2.75. The molecule has 0 fully saturated rings. The van der Waals surface area contributed by atoms with Gasteiger partial charge in [-0.3, -0.25) is 0 Å². The molecular weight excluding hydrogens is 258 g/mol. The van der Waals surface area contributed by atoms with Crippen LogP contribution < -0.4 is 4.74 Å². The van der Waals surface area contributed by atoms with Crippen LogP contribution in [0, 0.1) is 0 Å². The summed E-state index contributed by atoms with van der Waals surface area (Å²) in [5.74, 6) is 0.563. The van der Waals surface area contributed by atoms with Crippen LogP contribution in [0.1, 0.15) is 26.3 Å². The highest BCUT2D eigenvalue weighted by atomic mass is 16.6. The highest BCUT2D eigenvalue weighted by Crippen LogP contribution is 2.30. The first kappa shape index (κ1) is 14.4. The third-order valence-corrected chi connectivity index (χ3v) is 2.85. The summed E-state index contributed by atoms with van der Waals surface area (Å²) in [5.41, 5.74) is 0.674. The lowest BCUT2D eigenvalue weighted by Crippen LogP contribution is -2.26. The summed E-state index contributed by atoms with van der Waals surface area (Å²) in [6.45, 7) is 5.27. The molecule has 108 valence electrons. The van der Waals surface area contributed by atoms with Crippen LogP contribution in [0.4, 0.5) is 4.79 Å². The van der Waals surface area contributed by atoms with E-state index < -0.39 is 11.7 Å². The van der Waals surface area contributed by atoms with E-state index in [1.165, 1.54) is 4.57 Å². The summed E-state index contributed by atoms with van der Waals surface area (Å²) in [4.78, 5) is 12.3. The summed E-state index contributed by atoms with van der Waals surface area (Å²) in [6, 6.07) is 5.42. The number of aliphatic hydroxyl groups excluding tert-OH is 1. The van der Waals surface area contributed by atoms with Crippen LogP contribution in [0.15, 0.2) is 24.4 Å². The van der Waals surface area contributed by atoms with Crippen molar-refractivity contribution in [3.63, 3.8) is 0 Å². The molecule has 0 saturated carbocycles. The molecule has 0 unspecified atom stereocenters. The van der Waals surface area contributed by atoms with Crippen LogP contribution in [0.5, 0.6) is 5.75 Å². The second-order valence-corrected chi connectivity index (χ2v) is 5.52. The van der Waals surface area contributed by atoms with Gasteiger partial charge in [0.05, 0.1) is 13.7 Å². The molecule has 0 amide bonds. The Balaban J connectivity index is 2.61. The van der Waals surface area contributed by atoms with Crippen molar-refractivity contribution < 1.29 is 19.4 Å². The van der Waals surface area contributed by atoms with Gasteiger partial charge in [0.2, 0.25) is 0 Å². The predicted molar refractivity (Wildman–Crippen MR) is 76.0 cm³/mol. The number of hydrogen-bond acceptors (Lipinski definition) is 4. The maximum Gasteiger partial charge on any atom is 0.419 e. The third-order valence-electron chi connectivity index (χ3n) is 2.85. The topological polar surface area (TPSA) is 60.7 Å². The third kappa shape index (κ3) is 2.63. The predicted octanol–water partition coefficient (Wildman–Crippen LogP) is 2.93. The molecule has 0 atom stereocenters.